The molecule has 47 nitrogen and oxygen atoms in total. The third kappa shape index (κ3) is 36.6. The van der Waals surface area contributed by atoms with Crippen LogP contribution in [0.1, 0.15) is 183 Å². The number of H-pyrrole nitrogens is 2. The van der Waals surface area contributed by atoms with E-state index in [2.05, 4.69) is 99.7 Å². The summed E-state index contributed by atoms with van der Waals surface area (Å²) in [4.78, 5) is 283. The SMILES string of the molecule is CC[C@H](C)[C@H](NC(=O)C(CO)NC(=O)[C@@H]1CCCN1C(=O)[C@H](CC(C)C)NC(=O)[C@H](Cc1ccc(O)cc1)NC(=O)[C@H](C)NC(=O)[C@H](Cc1cnc[nH]1)NC(=O)[C@H](Cc1cnc[nH]1)NC(=O)[C@H](CC(C)C)NC(=O)[C@@H](NC(=O)[C@@H]1CCCN1C(=O)[C@H](Cc1ccc(O)cc1)NC(=O)[C@H](CCC(N)=O)NC(=O)[C@H](CC(C)C)NC(=O)[C@@H](N)CO)[C@@H](C)CC)C(=O)NCC(=O)NCC(=O)N[C@H](C(=O)O)C(C)C. The summed E-state index contributed by atoms with van der Waals surface area (Å²) >= 11 is 0. The van der Waals surface area contributed by atoms with Crippen LogP contribution in [0.5, 0.6) is 11.5 Å². The monoisotopic (exact) mass is 1960 g/mol. The first-order chi connectivity index (χ1) is 66.1. The van der Waals surface area contributed by atoms with Crippen LogP contribution in [-0.4, -0.2) is 304 Å². The lowest BCUT2D eigenvalue weighted by Gasteiger charge is -2.32. The number of likely N-dealkylation sites (tertiary alicyclic amines) is 2. The van der Waals surface area contributed by atoms with Gasteiger partial charge in [-0.2, -0.15) is 0 Å². The average Bonchev–Trinajstić information content (AvgIpc) is 1.64. The van der Waals surface area contributed by atoms with E-state index in [-0.39, 0.29) is 126 Å². The van der Waals surface area contributed by atoms with Gasteiger partial charge in [0.05, 0.1) is 39.0 Å². The number of phenolic OH excluding ortho intramolecular Hbond substituents is 2. The van der Waals surface area contributed by atoms with Gasteiger partial charge in [-0.1, -0.05) is 120 Å². The number of nitrogens with two attached hydrogens (primary N) is 2. The molecule has 772 valence electrons. The minimum atomic E-state index is -1.70. The Morgan fingerprint density at radius 2 is 0.807 bits per heavy atom. The number of carboxylic acids is 1. The molecule has 26 N–H and O–H groups in total. The predicted molar refractivity (Wildman–Crippen MR) is 505 cm³/mol. The summed E-state index contributed by atoms with van der Waals surface area (Å²) in [7, 11) is 0. The summed E-state index contributed by atoms with van der Waals surface area (Å²) in [5, 5.41) is 88.7. The van der Waals surface area contributed by atoms with Crippen LogP contribution in [0.2, 0.25) is 0 Å². The summed E-state index contributed by atoms with van der Waals surface area (Å²) in [5.74, 6) is -19.9. The summed E-state index contributed by atoms with van der Waals surface area (Å²) in [6.45, 7) is 18.7. The van der Waals surface area contributed by atoms with Crippen molar-refractivity contribution in [2.24, 2.45) is 47.0 Å². The van der Waals surface area contributed by atoms with E-state index in [1.165, 1.54) is 90.3 Å². The van der Waals surface area contributed by atoms with E-state index >= 15 is 14.4 Å². The number of imidazole rings is 2. The number of hydrogen-bond donors (Lipinski definition) is 24. The Labute approximate surface area is 811 Å². The molecular weight excluding hydrogens is 1820 g/mol. The minimum absolute atomic E-state index is 0.0162. The fourth-order valence-electron chi connectivity index (χ4n) is 15.7. The number of aliphatic hydroxyl groups excluding tert-OH is 2. The van der Waals surface area contributed by atoms with Gasteiger partial charge in [-0.25, -0.2) is 14.8 Å². The lowest BCUT2D eigenvalue weighted by Crippen LogP contribution is -2.62. The van der Waals surface area contributed by atoms with Crippen LogP contribution in [-0.2, 0) is 117 Å². The Kier molecular flexibility index (Phi) is 46.3. The molecule has 4 heterocycles. The normalized spacial score (nSPS) is 17.0. The maximum Gasteiger partial charge on any atom is 0.326 e. The molecule has 6 rings (SSSR count). The molecule has 140 heavy (non-hydrogen) atoms. The van der Waals surface area contributed by atoms with Gasteiger partial charge in [0, 0.05) is 69.0 Å². The maximum absolute atomic E-state index is 15.1. The van der Waals surface area contributed by atoms with Gasteiger partial charge < -0.3 is 137 Å². The third-order valence-electron chi connectivity index (χ3n) is 24.0. The topological polar surface area (TPSA) is 722 Å². The largest absolute Gasteiger partial charge is 0.508 e. The number of carboxylic acid groups (broad SMARTS) is 1. The molecule has 47 heteroatoms. The van der Waals surface area contributed by atoms with Crippen molar-refractivity contribution in [3.8, 4) is 11.5 Å². The van der Waals surface area contributed by atoms with Crippen LogP contribution >= 0.6 is 0 Å². The highest BCUT2D eigenvalue weighted by molar-refractivity contribution is 6.02. The van der Waals surface area contributed by atoms with Gasteiger partial charge in [0.1, 0.15) is 108 Å². The Bertz CT molecular complexity index is 4870. The highest BCUT2D eigenvalue weighted by Crippen LogP contribution is 2.26. The standard InChI is InChI=1S/C93H141N23O24/c1-14-51(11)76(89(135)99-41-73(122)98-42-74(123)112-75(50(9)10)93(139)140)113-86(132)69(44-118)111-87(133)70-18-16-30-115(70)91(137)67(34-49(7)8)109-84(130)64(35-54-20-24-58(119)25-21-54)104-78(124)53(13)102-81(127)65(37-56-39-96-45-100-56)106-85(131)66(38-57-40-97-46-101-57)107-83(129)63(33-48(5)6)108-90(136)77(52(12)15-2)114-88(134)71-19-17-31-116(71)92(138)68(36-55-22-26-59(120)27-23-55)110-80(126)61(28-29-72(95)121)103-82(128)62(32-47(3)4)105-79(125)60(94)43-117/h20-27,39-40,45-53,60-71,75-77,117-120H,14-19,28-38,41-44,94H2,1-13H3,(H2,95,121)(H,96,100)(H,97,101)(H,98,122)(H,99,135)(H,102,127)(H,103,128)(H,104,124)(H,105,125)(H,106,131)(H,107,129)(H,108,136)(H,109,130)(H,110,126)(H,111,133)(H,112,123)(H,113,132)(H,114,134)(H,139,140)/t51-,52-,53-,60-,61-,62-,63-,64-,65-,66-,67-,68-,69?,70-,71-,75-,76-,77-/m0/s1. The van der Waals surface area contributed by atoms with Gasteiger partial charge in [-0.05, 0) is 129 Å². The Hall–Kier alpha value is -13.7. The highest BCUT2D eigenvalue weighted by Gasteiger charge is 2.45. The van der Waals surface area contributed by atoms with Crippen LogP contribution in [0.3, 0.4) is 0 Å². The van der Waals surface area contributed by atoms with Crippen molar-refractivity contribution in [3.63, 3.8) is 0 Å². The first-order valence-electron chi connectivity index (χ1n) is 47.2. The summed E-state index contributed by atoms with van der Waals surface area (Å²) in [6.07, 6.45) is 4.63. The van der Waals surface area contributed by atoms with E-state index in [9.17, 15) is 102 Å². The molecule has 18 atom stereocenters. The number of carbonyl (C=O) groups is 19. The van der Waals surface area contributed by atoms with Crippen LogP contribution in [0.25, 0.3) is 0 Å². The first-order valence-corrected chi connectivity index (χ1v) is 47.2. The number of nitrogens with one attached hydrogen (secondary N) is 17. The van der Waals surface area contributed by atoms with E-state index in [0.717, 1.165) is 0 Å². The number of rotatable bonds is 57. The van der Waals surface area contributed by atoms with Crippen LogP contribution in [0.15, 0.2) is 73.6 Å². The number of hydrogen-bond acceptors (Lipinski definition) is 26. The smallest absolute Gasteiger partial charge is 0.326 e. The van der Waals surface area contributed by atoms with Crippen molar-refractivity contribution < 1.29 is 117 Å². The zero-order chi connectivity index (χ0) is 104. The molecule has 0 saturated carbocycles. The van der Waals surface area contributed by atoms with Crippen LogP contribution < -0.4 is 91.2 Å². The second-order valence-corrected chi connectivity index (χ2v) is 37.2. The third-order valence-corrected chi connectivity index (χ3v) is 24.0. The number of nitrogens with zero attached hydrogens (tertiary/aromatic N) is 4. The fourth-order valence-corrected chi connectivity index (χ4v) is 15.7. The van der Waals surface area contributed by atoms with Crippen LogP contribution in [0, 0.1) is 35.5 Å². The van der Waals surface area contributed by atoms with Gasteiger partial charge >= 0.3 is 5.97 Å². The molecule has 2 saturated heterocycles. The fraction of sp³-hybridized carbons (Fsp3) is 0.602. The van der Waals surface area contributed by atoms with Gasteiger partial charge in [0.15, 0.2) is 0 Å². The Morgan fingerprint density at radius 1 is 0.414 bits per heavy atom. The lowest BCUT2D eigenvalue weighted by atomic mass is 9.96. The molecule has 2 fully saturated rings. The van der Waals surface area contributed by atoms with E-state index in [1.807, 2.05) is 0 Å². The Morgan fingerprint density at radius 3 is 1.26 bits per heavy atom. The number of phenols is 2. The number of aromatic amines is 2. The molecular formula is C93H141N23O24. The highest BCUT2D eigenvalue weighted by atomic mass is 16.4. The zero-order valence-electron chi connectivity index (χ0n) is 81.4. The second kappa shape index (κ2) is 56.4. The van der Waals surface area contributed by atoms with Crippen molar-refractivity contribution in [1.29, 1.82) is 0 Å². The van der Waals surface area contributed by atoms with Crippen molar-refractivity contribution in [1.82, 2.24) is 109 Å². The van der Waals surface area contributed by atoms with E-state index in [1.54, 1.807) is 83.1 Å². The number of benzene rings is 2. The number of aliphatic carboxylic acids is 1. The summed E-state index contributed by atoms with van der Waals surface area (Å²) in [6, 6.07) is -11.7. The molecule has 0 aliphatic carbocycles. The second-order valence-electron chi connectivity index (χ2n) is 37.2. The zero-order valence-corrected chi connectivity index (χ0v) is 81.4. The molecule has 0 bridgehead atoms. The summed E-state index contributed by atoms with van der Waals surface area (Å²) in [5.41, 5.74) is 12.7. The van der Waals surface area contributed by atoms with E-state index < -0.39 is 259 Å². The number of aliphatic hydroxyl groups is 2. The number of amides is 18. The predicted octanol–water partition coefficient (Wildman–Crippen LogP) is -4.10. The quantitative estimate of drug-likeness (QED) is 0.0200. The average molecular weight is 1970 g/mol. The number of primary amides is 1. The molecule has 0 radical (unpaired) electrons. The molecule has 0 spiro atoms. The van der Waals surface area contributed by atoms with Gasteiger partial charge in [-0.15, -0.1) is 0 Å². The first kappa shape index (κ1) is 115. The number of carbonyl (C=O) groups excluding carboxylic acids is 18. The van der Waals surface area contributed by atoms with Crippen molar-refractivity contribution in [2.45, 2.75) is 283 Å². The van der Waals surface area contributed by atoms with Crippen molar-refractivity contribution in [3.05, 3.63) is 96.1 Å². The lowest BCUT2D eigenvalue weighted by molar-refractivity contribution is -0.143. The molecule has 4 aromatic rings. The van der Waals surface area contributed by atoms with Gasteiger partial charge in [-0.3, -0.25) is 86.3 Å². The minimum Gasteiger partial charge on any atom is -0.508 e. The van der Waals surface area contributed by atoms with E-state index in [0.29, 0.717) is 28.9 Å². The maximum atomic E-state index is 15.1. The molecule has 2 aliphatic heterocycles. The molecule has 2 aromatic carbocycles. The Balaban J connectivity index is 1.18. The molecule has 2 aliphatic rings. The molecule has 2 aromatic heterocycles. The van der Waals surface area contributed by atoms with Crippen LogP contribution in [0.4, 0.5) is 0 Å². The van der Waals surface area contributed by atoms with Gasteiger partial charge in [0.25, 0.3) is 0 Å². The summed E-state index contributed by atoms with van der Waals surface area (Å²) < 4.78 is 0. The van der Waals surface area contributed by atoms with Gasteiger partial charge in [0.2, 0.25) is 106 Å². The molecule has 1 unspecified atom stereocenters. The van der Waals surface area contributed by atoms with E-state index in [4.69, 9.17) is 11.5 Å². The number of aromatic nitrogens is 4. The van der Waals surface area contributed by atoms with Crippen molar-refractivity contribution >= 4 is 112 Å². The number of aromatic hydroxyl groups is 2. The van der Waals surface area contributed by atoms with Crippen molar-refractivity contribution in [2.75, 3.05) is 39.4 Å². The molecule has 18 amide bonds.